The number of allylic oxidation sites excluding steroid dienone is 1. The van der Waals surface area contributed by atoms with Crippen molar-refractivity contribution in [1.82, 2.24) is 4.90 Å². The lowest BCUT2D eigenvalue weighted by Gasteiger charge is -2.50. The molecule has 2 aromatic rings. The molecule has 2 aromatic carbocycles. The summed E-state index contributed by atoms with van der Waals surface area (Å²) in [6, 6.07) is 9.99. The normalized spacial score (nSPS) is 26.8. The van der Waals surface area contributed by atoms with Crippen LogP contribution in [0.15, 0.2) is 59.1 Å². The smallest absolute Gasteiger partial charge is 0.255 e. The van der Waals surface area contributed by atoms with E-state index in [9.17, 15) is 34.8 Å². The molecule has 1 amide bonds. The number of carbonyl (C=O) groups excluding carboxylic acids is 3. The van der Waals surface area contributed by atoms with Gasteiger partial charge >= 0.3 is 0 Å². The first kappa shape index (κ1) is 25.7. The number of nitrogens with two attached hydrogens (primary N) is 2. The van der Waals surface area contributed by atoms with Crippen molar-refractivity contribution in [2.45, 2.75) is 31.0 Å². The molecule has 4 atom stereocenters. The zero-order chi connectivity index (χ0) is 27.7. The number of carbonyl (C=O) groups is 3. The van der Waals surface area contributed by atoms with Crippen LogP contribution >= 0.6 is 0 Å². The second-order valence-corrected chi connectivity index (χ2v) is 10.3. The number of primary amides is 1. The van der Waals surface area contributed by atoms with E-state index < -0.39 is 58.0 Å². The molecule has 0 spiro atoms. The number of benzene rings is 2. The fraction of sp³-hybridized carbons (Fsp3) is 0.321. The van der Waals surface area contributed by atoms with Crippen molar-refractivity contribution in [2.75, 3.05) is 14.1 Å². The molecule has 3 aliphatic carbocycles. The summed E-state index contributed by atoms with van der Waals surface area (Å²) in [4.78, 5) is 41.0. The van der Waals surface area contributed by atoms with Crippen LogP contribution in [-0.2, 0) is 22.6 Å². The highest BCUT2D eigenvalue weighted by Crippen LogP contribution is 2.53. The van der Waals surface area contributed by atoms with E-state index in [1.54, 1.807) is 20.2 Å². The van der Waals surface area contributed by atoms with Gasteiger partial charge in [0.15, 0.2) is 11.4 Å². The molecular formula is C28H29N3O7. The monoisotopic (exact) mass is 519 g/mol. The van der Waals surface area contributed by atoms with Crippen LogP contribution in [0.1, 0.15) is 27.9 Å². The average molecular weight is 520 g/mol. The Morgan fingerprint density at radius 3 is 2.37 bits per heavy atom. The van der Waals surface area contributed by atoms with Gasteiger partial charge in [0.2, 0.25) is 5.78 Å². The SMILES string of the molecule is CN(C)[C@@H]1C(O)=C(C(N)=O)C(=O)[C@@]2(O)C(O)=C3C(=O)c4c(O)c(CN)cc(-c5ccccc5)c4C[C@H]3C[C@@H]12. The molecule has 0 heterocycles. The molecule has 0 unspecified atom stereocenters. The third-order valence-electron chi connectivity index (χ3n) is 8.11. The summed E-state index contributed by atoms with van der Waals surface area (Å²) in [5.41, 5.74) is 9.87. The molecule has 198 valence electrons. The van der Waals surface area contributed by atoms with Crippen molar-refractivity contribution in [3.05, 3.63) is 75.8 Å². The van der Waals surface area contributed by atoms with E-state index in [2.05, 4.69) is 0 Å². The Balaban J connectivity index is 1.76. The number of aromatic hydroxyl groups is 1. The number of nitrogens with zero attached hydrogens (tertiary/aromatic N) is 1. The second-order valence-electron chi connectivity index (χ2n) is 10.3. The molecular weight excluding hydrogens is 490 g/mol. The maximum Gasteiger partial charge on any atom is 0.255 e. The highest BCUT2D eigenvalue weighted by atomic mass is 16.3. The second kappa shape index (κ2) is 8.80. The van der Waals surface area contributed by atoms with Crippen LogP contribution in [0.4, 0.5) is 0 Å². The first-order chi connectivity index (χ1) is 17.9. The number of phenols is 1. The number of rotatable bonds is 4. The summed E-state index contributed by atoms with van der Waals surface area (Å²) in [6.45, 7) is -0.0538. The van der Waals surface area contributed by atoms with Gasteiger partial charge in [0, 0.05) is 23.6 Å². The minimum atomic E-state index is -2.67. The van der Waals surface area contributed by atoms with E-state index in [1.165, 1.54) is 4.90 Å². The Kier molecular flexibility index (Phi) is 5.94. The van der Waals surface area contributed by atoms with Gasteiger partial charge in [0.05, 0.1) is 11.6 Å². The van der Waals surface area contributed by atoms with Crippen molar-refractivity contribution in [3.8, 4) is 16.9 Å². The van der Waals surface area contributed by atoms with Crippen LogP contribution < -0.4 is 11.5 Å². The number of hydrogen-bond acceptors (Lipinski definition) is 9. The number of ketones is 2. The molecule has 10 heteroatoms. The standard InChI is InChI=1S/C28H29N3O7/c1-31(2)21-17-10-13-8-16-15(12-6-4-3-5-7-12)9-14(11-29)22(32)19(16)23(33)18(13)25(35)28(17,38)26(36)20(24(21)34)27(30)37/h3-7,9,13,17,21,32,34-35,38H,8,10-11,29H2,1-2H3,(H2,30,37)/t13-,17-,21-,28-/m0/s1. The van der Waals surface area contributed by atoms with Crippen LogP contribution in [0, 0.1) is 11.8 Å². The molecule has 0 aliphatic heterocycles. The van der Waals surface area contributed by atoms with Crippen LogP contribution in [0.5, 0.6) is 5.75 Å². The highest BCUT2D eigenvalue weighted by Gasteiger charge is 2.63. The zero-order valence-electron chi connectivity index (χ0n) is 20.9. The Labute approximate surface area is 218 Å². The zero-order valence-corrected chi connectivity index (χ0v) is 20.9. The number of aliphatic hydroxyl groups is 3. The summed E-state index contributed by atoms with van der Waals surface area (Å²) >= 11 is 0. The molecule has 0 saturated carbocycles. The maximum atomic E-state index is 13.9. The number of hydrogen-bond donors (Lipinski definition) is 6. The predicted octanol–water partition coefficient (Wildman–Crippen LogP) is 1.25. The van der Waals surface area contributed by atoms with Gasteiger partial charge in [-0.15, -0.1) is 0 Å². The number of amides is 1. The summed E-state index contributed by atoms with van der Waals surface area (Å²) in [5.74, 6) is -6.80. The third-order valence-corrected chi connectivity index (χ3v) is 8.11. The number of likely N-dealkylation sites (N-methyl/N-ethyl adjacent to an activating group) is 1. The highest BCUT2D eigenvalue weighted by molar-refractivity contribution is 6.25. The number of phenolic OH excluding ortho intramolecular Hbond substituents is 1. The van der Waals surface area contributed by atoms with E-state index >= 15 is 0 Å². The minimum Gasteiger partial charge on any atom is -0.510 e. The summed E-state index contributed by atoms with van der Waals surface area (Å²) < 4.78 is 0. The van der Waals surface area contributed by atoms with Gasteiger partial charge in [0.1, 0.15) is 22.8 Å². The Bertz CT molecular complexity index is 1460. The third kappa shape index (κ3) is 3.34. The van der Waals surface area contributed by atoms with E-state index in [1.807, 2.05) is 30.3 Å². The fourth-order valence-electron chi connectivity index (χ4n) is 6.41. The number of fused-ring (bicyclic) bond motifs is 3. The van der Waals surface area contributed by atoms with E-state index in [0.29, 0.717) is 16.7 Å². The Morgan fingerprint density at radius 1 is 1.13 bits per heavy atom. The van der Waals surface area contributed by atoms with Gasteiger partial charge in [-0.25, -0.2) is 0 Å². The van der Waals surface area contributed by atoms with E-state index in [0.717, 1.165) is 5.56 Å². The predicted molar refractivity (Wildman–Crippen MR) is 137 cm³/mol. The van der Waals surface area contributed by atoms with Crippen LogP contribution in [0.25, 0.3) is 11.1 Å². The number of aliphatic hydroxyl groups excluding tert-OH is 2. The fourth-order valence-corrected chi connectivity index (χ4v) is 6.41. The largest absolute Gasteiger partial charge is 0.510 e. The lowest BCUT2D eigenvalue weighted by molar-refractivity contribution is -0.148. The van der Waals surface area contributed by atoms with Crippen molar-refractivity contribution < 1.29 is 34.8 Å². The van der Waals surface area contributed by atoms with Crippen molar-refractivity contribution in [2.24, 2.45) is 23.3 Å². The molecule has 3 aliphatic rings. The average Bonchev–Trinajstić information content (AvgIpc) is 2.86. The van der Waals surface area contributed by atoms with E-state index in [4.69, 9.17) is 11.5 Å². The first-order valence-electron chi connectivity index (χ1n) is 12.2. The molecule has 0 radical (unpaired) electrons. The first-order valence-corrected chi connectivity index (χ1v) is 12.2. The summed E-state index contributed by atoms with van der Waals surface area (Å²) in [5, 5.41) is 45.0. The van der Waals surface area contributed by atoms with Gasteiger partial charge in [-0.2, -0.15) is 0 Å². The molecule has 0 aromatic heterocycles. The van der Waals surface area contributed by atoms with Crippen molar-refractivity contribution in [3.63, 3.8) is 0 Å². The van der Waals surface area contributed by atoms with Gasteiger partial charge in [-0.05, 0) is 55.6 Å². The molecule has 38 heavy (non-hydrogen) atoms. The molecule has 10 nitrogen and oxygen atoms in total. The topological polar surface area (TPSA) is 187 Å². The Morgan fingerprint density at radius 2 is 1.79 bits per heavy atom. The van der Waals surface area contributed by atoms with Crippen molar-refractivity contribution in [1.29, 1.82) is 0 Å². The maximum absolute atomic E-state index is 13.9. The molecule has 5 rings (SSSR count). The van der Waals surface area contributed by atoms with Crippen molar-refractivity contribution >= 4 is 17.5 Å². The van der Waals surface area contributed by atoms with Gasteiger partial charge in [-0.3, -0.25) is 19.3 Å². The lowest BCUT2D eigenvalue weighted by atomic mass is 9.58. The minimum absolute atomic E-state index is 0.0272. The Hall–Kier alpha value is -3.99. The van der Waals surface area contributed by atoms with Gasteiger partial charge < -0.3 is 31.9 Å². The molecule has 0 bridgehead atoms. The van der Waals surface area contributed by atoms with Gasteiger partial charge in [-0.1, -0.05) is 30.3 Å². The molecule has 8 N–H and O–H groups in total. The lowest BCUT2D eigenvalue weighted by Crippen LogP contribution is -2.63. The van der Waals surface area contributed by atoms with Crippen LogP contribution in [-0.4, -0.2) is 68.5 Å². The van der Waals surface area contributed by atoms with Crippen LogP contribution in [0.3, 0.4) is 0 Å². The quantitative estimate of drug-likeness (QED) is 0.323. The summed E-state index contributed by atoms with van der Waals surface area (Å²) in [6.07, 6.45) is 0.233. The summed E-state index contributed by atoms with van der Waals surface area (Å²) in [7, 11) is 3.18. The van der Waals surface area contributed by atoms with Gasteiger partial charge in [0.25, 0.3) is 5.91 Å². The number of Topliss-reactive ketones (excluding diaryl/α,β-unsaturated/α-hetero) is 2. The molecule has 0 fully saturated rings. The molecule has 0 saturated heterocycles. The van der Waals surface area contributed by atoms with E-state index in [-0.39, 0.29) is 36.3 Å². The van der Waals surface area contributed by atoms with Crippen LogP contribution in [0.2, 0.25) is 0 Å².